The number of nitrogens with two attached hydrogens (primary N) is 1. The molecule has 1 aliphatic rings. The molecule has 1 aliphatic heterocycles. The van der Waals surface area contributed by atoms with Crippen molar-refractivity contribution in [3.05, 3.63) is 0 Å². The van der Waals surface area contributed by atoms with Gasteiger partial charge in [0.25, 0.3) is 0 Å². The molecule has 150 valence electrons. The van der Waals surface area contributed by atoms with Gasteiger partial charge in [-0.15, -0.1) is 0 Å². The van der Waals surface area contributed by atoms with Crippen molar-refractivity contribution in [2.24, 2.45) is 5.73 Å². The zero-order chi connectivity index (χ0) is 17.8. The molecule has 1 saturated heterocycles. The van der Waals surface area contributed by atoms with Crippen molar-refractivity contribution in [1.29, 1.82) is 0 Å². The number of hydrogen-bond acceptors (Lipinski definition) is 8. The lowest BCUT2D eigenvalue weighted by Gasteiger charge is -2.22. The molecule has 2 N–H and O–H groups in total. The number of ether oxygens (including phenoxy) is 7. The van der Waals surface area contributed by atoms with Crippen molar-refractivity contribution < 1.29 is 33.2 Å². The Morgan fingerprint density at radius 1 is 0.640 bits per heavy atom. The highest BCUT2D eigenvalue weighted by Crippen LogP contribution is 2.13. The van der Waals surface area contributed by atoms with Gasteiger partial charge in [-0.1, -0.05) is 0 Å². The Bertz CT molecular complexity index is 265. The van der Waals surface area contributed by atoms with E-state index in [1.54, 1.807) is 0 Å². The highest BCUT2D eigenvalue weighted by molar-refractivity contribution is 4.53. The molecular weight excluding hydrogens is 330 g/mol. The van der Waals surface area contributed by atoms with Gasteiger partial charge in [-0.3, -0.25) is 0 Å². The second kappa shape index (κ2) is 18.5. The molecule has 1 fully saturated rings. The lowest BCUT2D eigenvalue weighted by molar-refractivity contribution is -0.169. The minimum atomic E-state index is -0.0480. The largest absolute Gasteiger partial charge is 0.378 e. The van der Waals surface area contributed by atoms with Crippen LogP contribution in [0.25, 0.3) is 0 Å². The molecule has 0 aromatic rings. The molecule has 0 aromatic heterocycles. The molecule has 0 spiro atoms. The van der Waals surface area contributed by atoms with Crippen molar-refractivity contribution in [2.75, 3.05) is 85.8 Å². The number of rotatable bonds is 18. The van der Waals surface area contributed by atoms with Crippen LogP contribution in [0.4, 0.5) is 0 Å². The molecule has 0 bridgehead atoms. The monoisotopic (exact) mass is 365 g/mol. The van der Waals surface area contributed by atoms with Crippen molar-refractivity contribution in [3.63, 3.8) is 0 Å². The predicted molar refractivity (Wildman–Crippen MR) is 92.7 cm³/mol. The number of hydrogen-bond donors (Lipinski definition) is 1. The van der Waals surface area contributed by atoms with Gasteiger partial charge >= 0.3 is 0 Å². The Hall–Kier alpha value is -0.320. The second-order valence-corrected chi connectivity index (χ2v) is 5.52. The quantitative estimate of drug-likeness (QED) is 0.353. The Balaban J connectivity index is 1.65. The summed E-state index contributed by atoms with van der Waals surface area (Å²) in [6.07, 6.45) is 3.25. The summed E-state index contributed by atoms with van der Waals surface area (Å²) >= 11 is 0. The van der Waals surface area contributed by atoms with Gasteiger partial charge in [0.1, 0.15) is 0 Å². The zero-order valence-corrected chi connectivity index (χ0v) is 15.3. The van der Waals surface area contributed by atoms with Gasteiger partial charge in [-0.2, -0.15) is 0 Å². The minimum absolute atomic E-state index is 0.0480. The summed E-state index contributed by atoms with van der Waals surface area (Å²) in [6, 6.07) is 0. The Labute approximate surface area is 151 Å². The molecule has 8 nitrogen and oxygen atoms in total. The van der Waals surface area contributed by atoms with Gasteiger partial charge in [-0.05, 0) is 19.3 Å². The van der Waals surface area contributed by atoms with E-state index in [0.717, 1.165) is 19.4 Å². The first kappa shape index (κ1) is 22.7. The molecule has 1 unspecified atom stereocenters. The van der Waals surface area contributed by atoms with Gasteiger partial charge < -0.3 is 38.9 Å². The maximum atomic E-state index is 5.57. The summed E-state index contributed by atoms with van der Waals surface area (Å²) < 4.78 is 37.8. The summed E-state index contributed by atoms with van der Waals surface area (Å²) in [4.78, 5) is 0. The lowest BCUT2D eigenvalue weighted by atomic mass is 10.2. The van der Waals surface area contributed by atoms with Crippen molar-refractivity contribution in [2.45, 2.75) is 25.6 Å². The third kappa shape index (κ3) is 15.6. The van der Waals surface area contributed by atoms with Crippen LogP contribution in [-0.2, 0) is 33.2 Å². The molecule has 0 aliphatic carbocycles. The standard InChI is InChI=1S/C17H35NO7/c18-4-6-19-7-8-20-9-10-21-11-12-22-13-14-23-15-16-25-17-3-1-2-5-24-17/h17H,1-16,18H2. The maximum absolute atomic E-state index is 5.57. The van der Waals surface area contributed by atoms with Crippen LogP contribution in [-0.4, -0.2) is 92.1 Å². The Kier molecular flexibility index (Phi) is 16.8. The fourth-order valence-electron chi connectivity index (χ4n) is 2.15. The van der Waals surface area contributed by atoms with Gasteiger partial charge in [-0.25, -0.2) is 0 Å². The van der Waals surface area contributed by atoms with Crippen LogP contribution in [0.15, 0.2) is 0 Å². The molecule has 0 aromatic carbocycles. The van der Waals surface area contributed by atoms with E-state index in [2.05, 4.69) is 0 Å². The molecule has 1 rings (SSSR count). The lowest BCUT2D eigenvalue weighted by Crippen LogP contribution is -2.24. The minimum Gasteiger partial charge on any atom is -0.378 e. The molecule has 0 saturated carbocycles. The highest BCUT2D eigenvalue weighted by Gasteiger charge is 2.13. The van der Waals surface area contributed by atoms with E-state index >= 15 is 0 Å². The van der Waals surface area contributed by atoms with Crippen molar-refractivity contribution >= 4 is 0 Å². The van der Waals surface area contributed by atoms with Crippen molar-refractivity contribution in [1.82, 2.24) is 0 Å². The van der Waals surface area contributed by atoms with Gasteiger partial charge in [0.2, 0.25) is 0 Å². The van der Waals surface area contributed by atoms with Crippen LogP contribution >= 0.6 is 0 Å². The van der Waals surface area contributed by atoms with E-state index in [9.17, 15) is 0 Å². The summed E-state index contributed by atoms with van der Waals surface area (Å²) in [7, 11) is 0. The van der Waals surface area contributed by atoms with E-state index < -0.39 is 0 Å². The summed E-state index contributed by atoms with van der Waals surface area (Å²) in [5.41, 5.74) is 5.30. The summed E-state index contributed by atoms with van der Waals surface area (Å²) in [5.74, 6) is 0. The van der Waals surface area contributed by atoms with Crippen LogP contribution < -0.4 is 5.73 Å². The zero-order valence-electron chi connectivity index (χ0n) is 15.3. The van der Waals surface area contributed by atoms with Gasteiger partial charge in [0, 0.05) is 13.2 Å². The van der Waals surface area contributed by atoms with Crippen molar-refractivity contribution in [3.8, 4) is 0 Å². The average molecular weight is 365 g/mol. The van der Waals surface area contributed by atoms with Crippen LogP contribution in [0, 0.1) is 0 Å². The smallest absolute Gasteiger partial charge is 0.157 e. The Morgan fingerprint density at radius 2 is 1.12 bits per heavy atom. The molecule has 1 heterocycles. The summed E-state index contributed by atoms with van der Waals surface area (Å²) in [5, 5.41) is 0. The molecule has 1 atom stereocenters. The molecule has 8 heteroatoms. The predicted octanol–water partition coefficient (Wildman–Crippen LogP) is 0.571. The third-order valence-corrected chi connectivity index (χ3v) is 3.42. The van der Waals surface area contributed by atoms with E-state index in [1.165, 1.54) is 6.42 Å². The molecule has 0 radical (unpaired) electrons. The first-order valence-corrected chi connectivity index (χ1v) is 9.25. The fraction of sp³-hybridized carbons (Fsp3) is 1.00. The topological polar surface area (TPSA) is 90.6 Å². The van der Waals surface area contributed by atoms with Gasteiger partial charge in [0.15, 0.2) is 6.29 Å². The third-order valence-electron chi connectivity index (χ3n) is 3.42. The fourth-order valence-corrected chi connectivity index (χ4v) is 2.15. The summed E-state index contributed by atoms with van der Waals surface area (Å²) in [6.45, 7) is 7.49. The van der Waals surface area contributed by atoms with E-state index in [1.807, 2.05) is 0 Å². The molecular formula is C17H35NO7. The van der Waals surface area contributed by atoms with E-state index in [4.69, 9.17) is 38.9 Å². The van der Waals surface area contributed by atoms with Crippen LogP contribution in [0.1, 0.15) is 19.3 Å². The van der Waals surface area contributed by atoms with E-state index in [0.29, 0.717) is 79.2 Å². The molecule has 0 amide bonds. The van der Waals surface area contributed by atoms with Crippen LogP contribution in [0.2, 0.25) is 0 Å². The Morgan fingerprint density at radius 3 is 1.56 bits per heavy atom. The first-order valence-electron chi connectivity index (χ1n) is 9.25. The SMILES string of the molecule is NCCOCCOCCOCCOCCOCCOC1CCCCO1. The second-order valence-electron chi connectivity index (χ2n) is 5.52. The van der Waals surface area contributed by atoms with Gasteiger partial charge in [0.05, 0.1) is 72.7 Å². The molecule has 25 heavy (non-hydrogen) atoms. The van der Waals surface area contributed by atoms with E-state index in [-0.39, 0.29) is 6.29 Å². The maximum Gasteiger partial charge on any atom is 0.157 e. The normalized spacial score (nSPS) is 17.9. The van der Waals surface area contributed by atoms with Crippen LogP contribution in [0.5, 0.6) is 0 Å². The first-order chi connectivity index (χ1) is 12.4. The average Bonchev–Trinajstić information content (AvgIpc) is 2.65. The highest BCUT2D eigenvalue weighted by atomic mass is 16.7. The van der Waals surface area contributed by atoms with Crippen LogP contribution in [0.3, 0.4) is 0 Å².